The predicted octanol–water partition coefficient (Wildman–Crippen LogP) is 1.32. The number of amides is 2. The number of imide groups is 1. The maximum Gasteiger partial charge on any atom is 0.308 e. The van der Waals surface area contributed by atoms with E-state index in [2.05, 4.69) is 0 Å². The van der Waals surface area contributed by atoms with E-state index >= 15 is 0 Å². The Hall–Kier alpha value is -2.37. The van der Waals surface area contributed by atoms with E-state index in [9.17, 15) is 14.4 Å². The van der Waals surface area contributed by atoms with Gasteiger partial charge in [0.05, 0.1) is 96.8 Å². The monoisotopic (exact) mass is 467 g/mol. The Kier molecular flexibility index (Phi) is 13.3. The first kappa shape index (κ1) is 26.9. The first-order valence-corrected chi connectivity index (χ1v) is 11.1. The molecule has 33 heavy (non-hydrogen) atoms. The maximum atomic E-state index is 12.2. The van der Waals surface area contributed by atoms with E-state index in [4.69, 9.17) is 28.4 Å². The summed E-state index contributed by atoms with van der Waals surface area (Å²) in [5.41, 5.74) is 0.881. The summed E-state index contributed by atoms with van der Waals surface area (Å²) in [4.78, 5) is 36.8. The zero-order valence-corrected chi connectivity index (χ0v) is 19.1. The van der Waals surface area contributed by atoms with Gasteiger partial charge >= 0.3 is 5.97 Å². The van der Waals surface area contributed by atoms with Gasteiger partial charge in [-0.1, -0.05) is 12.1 Å². The third kappa shape index (κ3) is 9.97. The van der Waals surface area contributed by atoms with E-state index in [1.807, 2.05) is 0 Å². The number of benzene rings is 1. The van der Waals surface area contributed by atoms with Gasteiger partial charge in [0.2, 0.25) is 0 Å². The Balaban J connectivity index is 1.32. The van der Waals surface area contributed by atoms with E-state index in [1.165, 1.54) is 4.90 Å². The molecule has 2 rings (SSSR count). The van der Waals surface area contributed by atoms with Crippen molar-refractivity contribution in [2.45, 2.75) is 13.3 Å². The lowest BCUT2D eigenvalue weighted by molar-refractivity contribution is -0.144. The second kappa shape index (κ2) is 16.3. The van der Waals surface area contributed by atoms with Crippen LogP contribution in [0.3, 0.4) is 0 Å². The van der Waals surface area contributed by atoms with Crippen molar-refractivity contribution in [3.63, 3.8) is 0 Å². The number of esters is 1. The van der Waals surface area contributed by atoms with Crippen LogP contribution in [-0.4, -0.2) is 102 Å². The summed E-state index contributed by atoms with van der Waals surface area (Å²) in [6.45, 7) is 6.30. The van der Waals surface area contributed by atoms with Gasteiger partial charge in [0.15, 0.2) is 0 Å². The molecule has 0 spiro atoms. The van der Waals surface area contributed by atoms with Gasteiger partial charge in [-0.2, -0.15) is 0 Å². The summed E-state index contributed by atoms with van der Waals surface area (Å²) in [5.74, 6) is -0.821. The molecule has 10 nitrogen and oxygen atoms in total. The van der Waals surface area contributed by atoms with Crippen LogP contribution in [0.25, 0.3) is 0 Å². The van der Waals surface area contributed by atoms with Crippen molar-refractivity contribution >= 4 is 17.8 Å². The molecule has 10 heteroatoms. The summed E-state index contributed by atoms with van der Waals surface area (Å²) in [5, 5.41) is 0. The largest absolute Gasteiger partial charge is 0.466 e. The van der Waals surface area contributed by atoms with Crippen LogP contribution in [0.15, 0.2) is 24.3 Å². The number of hydrogen-bond acceptors (Lipinski definition) is 9. The number of carbonyl (C=O) groups is 3. The molecule has 0 aromatic heterocycles. The lowest BCUT2D eigenvalue weighted by Gasteiger charge is -2.13. The van der Waals surface area contributed by atoms with Crippen LogP contribution < -0.4 is 0 Å². The van der Waals surface area contributed by atoms with Crippen LogP contribution in [0.4, 0.5) is 0 Å². The van der Waals surface area contributed by atoms with Gasteiger partial charge in [0.1, 0.15) is 0 Å². The highest BCUT2D eigenvalue weighted by Gasteiger charge is 2.34. The predicted molar refractivity (Wildman–Crippen MR) is 117 cm³/mol. The molecule has 0 saturated carbocycles. The molecule has 0 aliphatic carbocycles. The van der Waals surface area contributed by atoms with Crippen LogP contribution in [0.2, 0.25) is 0 Å². The number of rotatable bonds is 19. The summed E-state index contributed by atoms with van der Waals surface area (Å²) < 4.78 is 31.7. The Bertz CT molecular complexity index is 705. The molecule has 0 N–H and O–H groups in total. The number of carbonyl (C=O) groups excluding carboxylic acids is 3. The third-order valence-corrected chi connectivity index (χ3v) is 4.58. The molecular formula is C23H33NO9. The molecule has 1 aliphatic rings. The van der Waals surface area contributed by atoms with Crippen molar-refractivity contribution < 1.29 is 42.8 Å². The van der Waals surface area contributed by atoms with E-state index in [-0.39, 0.29) is 37.4 Å². The minimum atomic E-state index is -0.280. The highest BCUT2D eigenvalue weighted by atomic mass is 16.6. The van der Waals surface area contributed by atoms with E-state index in [0.29, 0.717) is 77.2 Å². The average molecular weight is 468 g/mol. The quantitative estimate of drug-likeness (QED) is 0.169. The van der Waals surface area contributed by atoms with Crippen molar-refractivity contribution in [1.29, 1.82) is 0 Å². The number of nitrogens with zero attached hydrogens (tertiary/aromatic N) is 1. The standard InChI is InChI=1S/C23H33NO9/c1-2-33-21(25)7-9-28-11-13-30-15-17-32-18-16-31-14-12-29-10-8-24-22(26)19-5-3-4-6-20(19)23(24)27/h3-6H,2,7-18H2,1H3. The fourth-order valence-electron chi connectivity index (χ4n) is 2.97. The normalized spacial score (nSPS) is 12.9. The van der Waals surface area contributed by atoms with Crippen molar-refractivity contribution in [1.82, 2.24) is 4.90 Å². The first-order chi connectivity index (χ1) is 16.1. The second-order valence-corrected chi connectivity index (χ2v) is 6.92. The van der Waals surface area contributed by atoms with Crippen molar-refractivity contribution in [3.05, 3.63) is 35.4 Å². The lowest BCUT2D eigenvalue weighted by Crippen LogP contribution is -2.33. The van der Waals surface area contributed by atoms with E-state index in [1.54, 1.807) is 31.2 Å². The van der Waals surface area contributed by atoms with Crippen LogP contribution in [0.1, 0.15) is 34.1 Å². The Morgan fingerprint density at radius 3 is 1.58 bits per heavy atom. The molecule has 0 bridgehead atoms. The number of ether oxygens (including phenoxy) is 6. The minimum absolute atomic E-state index is 0.214. The van der Waals surface area contributed by atoms with E-state index in [0.717, 1.165) is 0 Å². The van der Waals surface area contributed by atoms with Crippen molar-refractivity contribution in [2.75, 3.05) is 79.2 Å². The van der Waals surface area contributed by atoms with Gasteiger partial charge in [0, 0.05) is 0 Å². The lowest BCUT2D eigenvalue weighted by atomic mass is 10.1. The molecule has 1 heterocycles. The Labute approximate surface area is 194 Å². The zero-order valence-electron chi connectivity index (χ0n) is 19.1. The van der Waals surface area contributed by atoms with Gasteiger partial charge in [-0.15, -0.1) is 0 Å². The van der Waals surface area contributed by atoms with Crippen LogP contribution in [0.5, 0.6) is 0 Å². The zero-order chi connectivity index (χ0) is 23.7. The van der Waals surface area contributed by atoms with E-state index < -0.39 is 0 Å². The Morgan fingerprint density at radius 1 is 0.697 bits per heavy atom. The smallest absolute Gasteiger partial charge is 0.308 e. The minimum Gasteiger partial charge on any atom is -0.466 e. The van der Waals surface area contributed by atoms with Gasteiger partial charge in [-0.25, -0.2) is 0 Å². The Morgan fingerprint density at radius 2 is 1.12 bits per heavy atom. The van der Waals surface area contributed by atoms with Crippen LogP contribution >= 0.6 is 0 Å². The maximum absolute atomic E-state index is 12.2. The van der Waals surface area contributed by atoms with Gasteiger partial charge in [-0.05, 0) is 19.1 Å². The van der Waals surface area contributed by atoms with Gasteiger partial charge < -0.3 is 28.4 Å². The molecule has 184 valence electrons. The first-order valence-electron chi connectivity index (χ1n) is 11.1. The summed E-state index contributed by atoms with van der Waals surface area (Å²) >= 11 is 0. The molecule has 0 saturated heterocycles. The van der Waals surface area contributed by atoms with Crippen LogP contribution in [-0.2, 0) is 33.2 Å². The summed E-state index contributed by atoms with van der Waals surface area (Å²) in [6.07, 6.45) is 0.245. The topological polar surface area (TPSA) is 110 Å². The van der Waals surface area contributed by atoms with Crippen molar-refractivity contribution in [2.24, 2.45) is 0 Å². The van der Waals surface area contributed by atoms with Gasteiger partial charge in [-0.3, -0.25) is 19.3 Å². The van der Waals surface area contributed by atoms with Crippen LogP contribution in [0, 0.1) is 0 Å². The molecule has 0 fully saturated rings. The molecule has 0 atom stereocenters. The number of fused-ring (bicyclic) bond motifs is 1. The van der Waals surface area contributed by atoms with Crippen molar-refractivity contribution in [3.8, 4) is 0 Å². The molecule has 1 aromatic carbocycles. The second-order valence-electron chi connectivity index (χ2n) is 6.92. The van der Waals surface area contributed by atoms with Gasteiger partial charge in [0.25, 0.3) is 11.8 Å². The number of hydrogen-bond donors (Lipinski definition) is 0. The highest BCUT2D eigenvalue weighted by Crippen LogP contribution is 2.21. The fraction of sp³-hybridized carbons (Fsp3) is 0.609. The SMILES string of the molecule is CCOC(=O)CCOCCOCCOCCOCCOCCN1C(=O)c2ccccc2C1=O. The molecule has 2 amide bonds. The average Bonchev–Trinajstić information content (AvgIpc) is 3.06. The molecule has 1 aromatic rings. The third-order valence-electron chi connectivity index (χ3n) is 4.58. The molecule has 0 unspecified atom stereocenters. The molecule has 0 radical (unpaired) electrons. The summed E-state index contributed by atoms with van der Waals surface area (Å²) in [7, 11) is 0. The fourth-order valence-corrected chi connectivity index (χ4v) is 2.97. The molecular weight excluding hydrogens is 434 g/mol. The highest BCUT2D eigenvalue weighted by molar-refractivity contribution is 6.21. The molecule has 1 aliphatic heterocycles. The summed E-state index contributed by atoms with van der Waals surface area (Å²) in [6, 6.07) is 6.80.